The minimum atomic E-state index is -0.795. The Morgan fingerprint density at radius 2 is 2.00 bits per heavy atom. The Morgan fingerprint density at radius 3 is 2.53 bits per heavy atom. The van der Waals surface area contributed by atoms with Gasteiger partial charge in [0.25, 0.3) is 0 Å². The predicted molar refractivity (Wildman–Crippen MR) is 73.9 cm³/mol. The molecule has 19 heavy (non-hydrogen) atoms. The van der Waals surface area contributed by atoms with Gasteiger partial charge in [0.2, 0.25) is 0 Å². The van der Waals surface area contributed by atoms with Gasteiger partial charge in [-0.1, -0.05) is 20.8 Å². The van der Waals surface area contributed by atoms with Gasteiger partial charge in [-0.2, -0.15) is 0 Å². The minimum absolute atomic E-state index is 0.170. The van der Waals surface area contributed by atoms with Crippen molar-refractivity contribution in [3.8, 4) is 0 Å². The van der Waals surface area contributed by atoms with E-state index in [0.717, 1.165) is 5.56 Å². The van der Waals surface area contributed by atoms with Crippen LogP contribution in [0.25, 0.3) is 0 Å². The van der Waals surface area contributed by atoms with Crippen LogP contribution in [0.4, 0.5) is 16.4 Å². The molecule has 0 radical (unpaired) electrons. The lowest BCUT2D eigenvalue weighted by molar-refractivity contribution is 0.161. The Hall–Kier alpha value is -2.05. The van der Waals surface area contributed by atoms with Gasteiger partial charge in [0.1, 0.15) is 24.1 Å². The zero-order valence-electron chi connectivity index (χ0n) is 11.8. The molecule has 1 rings (SSSR count). The van der Waals surface area contributed by atoms with Crippen LogP contribution in [0.5, 0.6) is 0 Å². The summed E-state index contributed by atoms with van der Waals surface area (Å²) in [4.78, 5) is 19.2. The lowest BCUT2D eigenvalue weighted by atomic mass is 9.95. The fourth-order valence-corrected chi connectivity index (χ4v) is 1.36. The molecule has 0 saturated carbocycles. The highest BCUT2D eigenvalue weighted by molar-refractivity contribution is 5.64. The van der Waals surface area contributed by atoms with E-state index in [9.17, 15) is 4.79 Å². The number of carbonyl (C=O) groups excluding carboxylic acids is 1. The average Bonchev–Trinajstić information content (AvgIpc) is 2.27. The molecule has 1 amide bonds. The maximum Gasteiger partial charge on any atom is 0.404 e. The van der Waals surface area contributed by atoms with Crippen LogP contribution in [0, 0.1) is 6.92 Å². The minimum Gasteiger partial charge on any atom is -0.448 e. The molecule has 0 atom stereocenters. The maximum absolute atomic E-state index is 10.4. The Kier molecular flexibility index (Phi) is 4.52. The number of nitrogens with one attached hydrogen (secondary N) is 1. The van der Waals surface area contributed by atoms with Crippen LogP contribution in [-0.2, 0) is 10.2 Å². The number of nitrogens with zero attached hydrogens (tertiary/aromatic N) is 2. The second-order valence-corrected chi connectivity index (χ2v) is 5.25. The predicted octanol–water partition coefficient (Wildman–Crippen LogP) is 1.17. The van der Waals surface area contributed by atoms with Crippen molar-refractivity contribution in [3.63, 3.8) is 0 Å². The highest BCUT2D eigenvalue weighted by atomic mass is 16.5. The van der Waals surface area contributed by atoms with Crippen molar-refractivity contribution in [1.82, 2.24) is 9.97 Å². The van der Waals surface area contributed by atoms with Crippen molar-refractivity contribution in [2.45, 2.75) is 33.1 Å². The van der Waals surface area contributed by atoms with Crippen molar-refractivity contribution in [3.05, 3.63) is 11.4 Å². The van der Waals surface area contributed by atoms with Gasteiger partial charge in [-0.3, -0.25) is 0 Å². The summed E-state index contributed by atoms with van der Waals surface area (Å²) in [7, 11) is 0. The number of rotatable bonds is 4. The summed E-state index contributed by atoms with van der Waals surface area (Å²) in [6, 6.07) is 0. The molecule has 0 aliphatic carbocycles. The third-order valence-corrected chi connectivity index (χ3v) is 2.49. The molecule has 1 aromatic heterocycles. The molecule has 0 unspecified atom stereocenters. The largest absolute Gasteiger partial charge is 0.448 e. The Balaban J connectivity index is 2.82. The van der Waals surface area contributed by atoms with E-state index in [1.807, 2.05) is 27.7 Å². The summed E-state index contributed by atoms with van der Waals surface area (Å²) < 4.78 is 4.63. The third kappa shape index (κ3) is 4.27. The summed E-state index contributed by atoms with van der Waals surface area (Å²) in [5, 5.41) is 3.06. The van der Waals surface area contributed by atoms with Crippen LogP contribution in [0.15, 0.2) is 0 Å². The molecule has 5 N–H and O–H groups in total. The van der Waals surface area contributed by atoms with E-state index in [0.29, 0.717) is 24.0 Å². The van der Waals surface area contributed by atoms with E-state index in [2.05, 4.69) is 20.0 Å². The molecule has 0 aliphatic heterocycles. The molecule has 7 heteroatoms. The fourth-order valence-electron chi connectivity index (χ4n) is 1.36. The number of primary amides is 1. The van der Waals surface area contributed by atoms with Crippen molar-refractivity contribution >= 4 is 17.7 Å². The lowest BCUT2D eigenvalue weighted by Gasteiger charge is -2.19. The van der Waals surface area contributed by atoms with E-state index in [4.69, 9.17) is 11.5 Å². The molecular weight excluding hydrogens is 246 g/mol. The van der Waals surface area contributed by atoms with Gasteiger partial charge in [0.05, 0.1) is 6.54 Å². The van der Waals surface area contributed by atoms with Gasteiger partial charge in [0.15, 0.2) is 0 Å². The van der Waals surface area contributed by atoms with Crippen molar-refractivity contribution in [2.75, 3.05) is 24.2 Å². The molecule has 0 aliphatic rings. The first-order chi connectivity index (χ1) is 8.71. The Morgan fingerprint density at radius 1 is 1.37 bits per heavy atom. The van der Waals surface area contributed by atoms with Crippen LogP contribution >= 0.6 is 0 Å². The summed E-state index contributed by atoms with van der Waals surface area (Å²) in [6.07, 6.45) is -0.795. The number of anilines is 2. The van der Waals surface area contributed by atoms with Crippen molar-refractivity contribution in [2.24, 2.45) is 5.73 Å². The number of nitrogen functional groups attached to an aromatic ring is 1. The SMILES string of the molecule is Cc1c(N)nc(C(C)(C)C)nc1NCCOC(N)=O. The number of nitrogens with two attached hydrogens (primary N) is 2. The first kappa shape index (κ1) is 15.0. The van der Waals surface area contributed by atoms with Crippen LogP contribution in [0.1, 0.15) is 32.2 Å². The van der Waals surface area contributed by atoms with Crippen LogP contribution in [0.3, 0.4) is 0 Å². The van der Waals surface area contributed by atoms with Gasteiger partial charge < -0.3 is 21.5 Å². The van der Waals surface area contributed by atoms with E-state index < -0.39 is 6.09 Å². The van der Waals surface area contributed by atoms with Crippen molar-refractivity contribution in [1.29, 1.82) is 0 Å². The van der Waals surface area contributed by atoms with Crippen molar-refractivity contribution < 1.29 is 9.53 Å². The summed E-state index contributed by atoms with van der Waals surface area (Å²) >= 11 is 0. The van der Waals surface area contributed by atoms with Crippen LogP contribution in [0.2, 0.25) is 0 Å². The number of hydrogen-bond acceptors (Lipinski definition) is 6. The summed E-state index contributed by atoms with van der Waals surface area (Å²) in [5.41, 5.74) is 11.3. The normalized spacial score (nSPS) is 11.2. The first-order valence-corrected chi connectivity index (χ1v) is 6.02. The number of amides is 1. The molecule has 106 valence electrons. The topological polar surface area (TPSA) is 116 Å². The highest BCUT2D eigenvalue weighted by Crippen LogP contribution is 2.24. The average molecular weight is 267 g/mol. The fraction of sp³-hybridized carbons (Fsp3) is 0.583. The monoisotopic (exact) mass is 267 g/mol. The molecule has 1 aromatic rings. The lowest BCUT2D eigenvalue weighted by Crippen LogP contribution is -2.22. The molecule has 7 nitrogen and oxygen atoms in total. The number of hydrogen-bond donors (Lipinski definition) is 3. The molecule has 0 fully saturated rings. The van der Waals surface area contributed by atoms with Gasteiger partial charge in [-0.25, -0.2) is 14.8 Å². The number of carbonyl (C=O) groups is 1. The maximum atomic E-state index is 10.4. The van der Waals surface area contributed by atoms with Crippen LogP contribution < -0.4 is 16.8 Å². The van der Waals surface area contributed by atoms with Gasteiger partial charge >= 0.3 is 6.09 Å². The number of ether oxygens (including phenoxy) is 1. The Bertz CT molecular complexity index is 468. The van der Waals surface area contributed by atoms with Gasteiger partial charge in [-0.15, -0.1) is 0 Å². The molecular formula is C12H21N5O2. The zero-order valence-corrected chi connectivity index (χ0v) is 11.8. The molecule has 1 heterocycles. The van der Waals surface area contributed by atoms with Gasteiger partial charge in [0, 0.05) is 11.0 Å². The second kappa shape index (κ2) is 5.73. The second-order valence-electron chi connectivity index (χ2n) is 5.25. The third-order valence-electron chi connectivity index (χ3n) is 2.49. The quantitative estimate of drug-likeness (QED) is 0.705. The highest BCUT2D eigenvalue weighted by Gasteiger charge is 2.20. The van der Waals surface area contributed by atoms with E-state index in [1.54, 1.807) is 0 Å². The summed E-state index contributed by atoms with van der Waals surface area (Å²) in [5.74, 6) is 1.75. The van der Waals surface area contributed by atoms with E-state index >= 15 is 0 Å². The summed E-state index contributed by atoms with van der Waals surface area (Å²) in [6.45, 7) is 8.44. The molecule has 0 aromatic carbocycles. The van der Waals surface area contributed by atoms with Gasteiger partial charge in [-0.05, 0) is 6.92 Å². The standard InChI is InChI=1S/C12H21N5O2/c1-7-8(13)16-10(12(2,3)4)17-9(7)15-5-6-19-11(14)18/h5-6H2,1-4H3,(H2,14,18)(H3,13,15,16,17). The smallest absolute Gasteiger partial charge is 0.404 e. The zero-order chi connectivity index (χ0) is 14.6. The van der Waals surface area contributed by atoms with E-state index in [-0.39, 0.29) is 12.0 Å². The van der Waals surface area contributed by atoms with E-state index in [1.165, 1.54) is 0 Å². The Labute approximate surface area is 112 Å². The van der Waals surface area contributed by atoms with Crippen LogP contribution in [-0.4, -0.2) is 29.2 Å². The first-order valence-electron chi connectivity index (χ1n) is 6.02. The molecule has 0 saturated heterocycles. The number of aromatic nitrogens is 2. The molecule has 0 bridgehead atoms. The molecule has 0 spiro atoms.